The van der Waals surface area contributed by atoms with Gasteiger partial charge in [0, 0.05) is 24.7 Å². The van der Waals surface area contributed by atoms with E-state index in [0.717, 1.165) is 16.9 Å². The third kappa shape index (κ3) is 4.65. The molecule has 0 aliphatic carbocycles. The van der Waals surface area contributed by atoms with Gasteiger partial charge in [0.05, 0.1) is 18.4 Å². The van der Waals surface area contributed by atoms with Gasteiger partial charge in [-0.05, 0) is 36.6 Å². The van der Waals surface area contributed by atoms with Crippen molar-refractivity contribution in [3.63, 3.8) is 0 Å². The molecule has 0 bridgehead atoms. The van der Waals surface area contributed by atoms with Crippen molar-refractivity contribution < 1.29 is 9.59 Å². The molecule has 2 rings (SSSR count). The lowest BCUT2D eigenvalue weighted by Crippen LogP contribution is -2.24. The van der Waals surface area contributed by atoms with Crippen molar-refractivity contribution in [3.8, 4) is 0 Å². The van der Waals surface area contributed by atoms with Crippen molar-refractivity contribution in [2.45, 2.75) is 33.7 Å². The fourth-order valence-electron chi connectivity index (χ4n) is 2.26. The molecule has 1 heterocycles. The molecular formula is C17H23N5O2. The number of benzene rings is 1. The maximum absolute atomic E-state index is 12.2. The van der Waals surface area contributed by atoms with Crippen LogP contribution in [0.3, 0.4) is 0 Å². The first kappa shape index (κ1) is 17.7. The van der Waals surface area contributed by atoms with E-state index in [0.29, 0.717) is 24.4 Å². The first-order chi connectivity index (χ1) is 11.4. The van der Waals surface area contributed by atoms with E-state index in [-0.39, 0.29) is 11.8 Å². The summed E-state index contributed by atoms with van der Waals surface area (Å²) < 4.78 is 1.61. The lowest BCUT2D eigenvalue weighted by molar-refractivity contribution is -0.116. The highest BCUT2D eigenvalue weighted by molar-refractivity contribution is 5.96. The Bertz CT molecular complexity index is 736. The molecule has 2 N–H and O–H groups in total. The van der Waals surface area contributed by atoms with Crippen molar-refractivity contribution in [1.82, 2.24) is 20.3 Å². The van der Waals surface area contributed by atoms with Gasteiger partial charge in [0.2, 0.25) is 5.91 Å². The molecule has 128 valence electrons. The minimum Gasteiger partial charge on any atom is -0.346 e. The maximum atomic E-state index is 12.2. The number of anilines is 1. The molecule has 7 nitrogen and oxygen atoms in total. The Morgan fingerprint density at radius 1 is 1.29 bits per heavy atom. The van der Waals surface area contributed by atoms with E-state index in [9.17, 15) is 9.59 Å². The number of rotatable bonds is 6. The molecule has 0 saturated heterocycles. The fraction of sp³-hybridized carbons (Fsp3) is 0.412. The van der Waals surface area contributed by atoms with Crippen molar-refractivity contribution >= 4 is 17.5 Å². The van der Waals surface area contributed by atoms with E-state index in [1.165, 1.54) is 0 Å². The smallest absolute Gasteiger partial charge is 0.251 e. The Morgan fingerprint density at radius 3 is 2.62 bits per heavy atom. The molecular weight excluding hydrogens is 306 g/mol. The second kappa shape index (κ2) is 7.72. The lowest BCUT2D eigenvalue weighted by atomic mass is 10.1. The van der Waals surface area contributed by atoms with Crippen LogP contribution < -0.4 is 10.6 Å². The second-order valence-corrected chi connectivity index (χ2v) is 6.21. The summed E-state index contributed by atoms with van der Waals surface area (Å²) in [6, 6.07) is 5.23. The van der Waals surface area contributed by atoms with Crippen LogP contribution >= 0.6 is 0 Å². The number of aryl methyl sites for hydroxylation is 2. The van der Waals surface area contributed by atoms with Crippen LogP contribution in [-0.2, 0) is 18.4 Å². The molecule has 0 fully saturated rings. The van der Waals surface area contributed by atoms with Gasteiger partial charge in [0.1, 0.15) is 0 Å². The number of carbonyl (C=O) groups excluding carboxylic acids is 2. The average Bonchev–Trinajstić information content (AvgIpc) is 2.91. The Labute approximate surface area is 141 Å². The molecule has 7 heteroatoms. The molecule has 0 aliphatic heterocycles. The monoisotopic (exact) mass is 329 g/mol. The normalized spacial score (nSPS) is 10.7. The van der Waals surface area contributed by atoms with Crippen molar-refractivity contribution in [2.75, 3.05) is 5.32 Å². The van der Waals surface area contributed by atoms with Gasteiger partial charge in [-0.3, -0.25) is 14.3 Å². The van der Waals surface area contributed by atoms with Gasteiger partial charge < -0.3 is 10.6 Å². The van der Waals surface area contributed by atoms with Crippen LogP contribution in [0.4, 0.5) is 5.69 Å². The highest BCUT2D eigenvalue weighted by Gasteiger charge is 2.11. The van der Waals surface area contributed by atoms with Crippen LogP contribution in [0.15, 0.2) is 24.4 Å². The van der Waals surface area contributed by atoms with E-state index in [1.807, 2.05) is 20.8 Å². The summed E-state index contributed by atoms with van der Waals surface area (Å²) in [5, 5.41) is 13.3. The third-order valence-corrected chi connectivity index (χ3v) is 3.59. The molecule has 24 heavy (non-hydrogen) atoms. The summed E-state index contributed by atoms with van der Waals surface area (Å²) >= 11 is 0. The predicted octanol–water partition coefficient (Wildman–Crippen LogP) is 2.04. The van der Waals surface area contributed by atoms with E-state index in [4.69, 9.17) is 0 Å². The van der Waals surface area contributed by atoms with Gasteiger partial charge in [0.25, 0.3) is 5.91 Å². The zero-order chi connectivity index (χ0) is 17.7. The highest BCUT2D eigenvalue weighted by Crippen LogP contribution is 2.17. The molecule has 0 radical (unpaired) electrons. The minimum atomic E-state index is -0.181. The molecule has 2 amide bonds. The topological polar surface area (TPSA) is 88.9 Å². The second-order valence-electron chi connectivity index (χ2n) is 6.21. The standard InChI is InChI=1S/C17H23N5O2/c1-11(2)7-16(23)20-15-6-5-13(8-12(15)3)17(24)18-9-14-10-19-21-22(14)4/h5-6,8,10-11H,7,9H2,1-4H3,(H,18,24)(H,20,23). The molecule has 1 aromatic heterocycles. The van der Waals surface area contributed by atoms with E-state index < -0.39 is 0 Å². The summed E-state index contributed by atoms with van der Waals surface area (Å²) in [6.07, 6.45) is 2.08. The summed E-state index contributed by atoms with van der Waals surface area (Å²) in [5.74, 6) is 0.102. The molecule has 0 atom stereocenters. The van der Waals surface area contributed by atoms with Crippen LogP contribution in [0.25, 0.3) is 0 Å². The van der Waals surface area contributed by atoms with Gasteiger partial charge in [-0.1, -0.05) is 19.1 Å². The van der Waals surface area contributed by atoms with Crippen molar-refractivity contribution in [3.05, 3.63) is 41.2 Å². The van der Waals surface area contributed by atoms with Crippen LogP contribution in [-0.4, -0.2) is 26.8 Å². The van der Waals surface area contributed by atoms with E-state index >= 15 is 0 Å². The maximum Gasteiger partial charge on any atom is 0.251 e. The molecule has 1 aromatic carbocycles. The van der Waals surface area contributed by atoms with Gasteiger partial charge >= 0.3 is 0 Å². The number of amides is 2. The zero-order valence-corrected chi connectivity index (χ0v) is 14.5. The Hall–Kier alpha value is -2.70. The Kier molecular flexibility index (Phi) is 5.68. The Morgan fingerprint density at radius 2 is 2.04 bits per heavy atom. The number of nitrogens with zero attached hydrogens (tertiary/aromatic N) is 3. The van der Waals surface area contributed by atoms with Gasteiger partial charge in [-0.2, -0.15) is 0 Å². The summed E-state index contributed by atoms with van der Waals surface area (Å²) in [4.78, 5) is 24.1. The fourth-order valence-corrected chi connectivity index (χ4v) is 2.26. The summed E-state index contributed by atoms with van der Waals surface area (Å²) in [7, 11) is 1.77. The van der Waals surface area contributed by atoms with Crippen LogP contribution in [0.2, 0.25) is 0 Å². The van der Waals surface area contributed by atoms with Crippen LogP contribution in [0.1, 0.15) is 41.9 Å². The first-order valence-corrected chi connectivity index (χ1v) is 7.89. The van der Waals surface area contributed by atoms with Crippen molar-refractivity contribution in [1.29, 1.82) is 0 Å². The zero-order valence-electron chi connectivity index (χ0n) is 14.5. The molecule has 0 saturated carbocycles. The SMILES string of the molecule is Cc1cc(C(=O)NCc2cnnn2C)ccc1NC(=O)CC(C)C. The number of nitrogens with one attached hydrogen (secondary N) is 2. The number of carbonyl (C=O) groups is 2. The van der Waals surface area contributed by atoms with E-state index in [1.54, 1.807) is 36.1 Å². The number of aromatic nitrogens is 3. The average molecular weight is 329 g/mol. The molecule has 2 aromatic rings. The van der Waals surface area contributed by atoms with Crippen LogP contribution in [0.5, 0.6) is 0 Å². The van der Waals surface area contributed by atoms with Crippen LogP contribution in [0, 0.1) is 12.8 Å². The summed E-state index contributed by atoms with van der Waals surface area (Å²) in [5.41, 5.74) is 2.94. The van der Waals surface area contributed by atoms with Crippen molar-refractivity contribution in [2.24, 2.45) is 13.0 Å². The number of hydrogen-bond acceptors (Lipinski definition) is 4. The largest absolute Gasteiger partial charge is 0.346 e. The third-order valence-electron chi connectivity index (χ3n) is 3.59. The minimum absolute atomic E-state index is 0.0194. The summed E-state index contributed by atoms with van der Waals surface area (Å²) in [6.45, 7) is 6.22. The first-order valence-electron chi connectivity index (χ1n) is 7.89. The molecule has 0 unspecified atom stereocenters. The van der Waals surface area contributed by atoms with E-state index in [2.05, 4.69) is 20.9 Å². The predicted molar refractivity (Wildman–Crippen MR) is 91.4 cm³/mol. The Balaban J connectivity index is 1.99. The highest BCUT2D eigenvalue weighted by atomic mass is 16.2. The van der Waals surface area contributed by atoms with Gasteiger partial charge in [-0.25, -0.2) is 0 Å². The quantitative estimate of drug-likeness (QED) is 0.849. The molecule has 0 spiro atoms. The number of hydrogen-bond donors (Lipinski definition) is 2. The van der Waals surface area contributed by atoms with Gasteiger partial charge in [0.15, 0.2) is 0 Å². The molecule has 0 aliphatic rings. The lowest BCUT2D eigenvalue weighted by Gasteiger charge is -2.11. The van der Waals surface area contributed by atoms with Gasteiger partial charge in [-0.15, -0.1) is 5.10 Å².